The second-order valence-electron chi connectivity index (χ2n) is 4.99. The van der Waals surface area contributed by atoms with Crippen molar-refractivity contribution in [2.75, 3.05) is 19.8 Å². The summed E-state index contributed by atoms with van der Waals surface area (Å²) in [5.74, 6) is 0.846. The molecule has 2 aliphatic rings. The lowest BCUT2D eigenvalue weighted by Crippen LogP contribution is -2.35. The number of aliphatic hydroxyl groups excluding tert-OH is 1. The maximum Gasteiger partial charge on any atom is 0.498 e. The fraction of sp³-hybridized carbons (Fsp3) is 0.538. The summed E-state index contributed by atoms with van der Waals surface area (Å²) in [5.41, 5.74) is 8.83. The van der Waals surface area contributed by atoms with Gasteiger partial charge in [-0.2, -0.15) is 0 Å². The van der Waals surface area contributed by atoms with Gasteiger partial charge in [0.25, 0.3) is 0 Å². The number of benzene rings is 1. The lowest BCUT2D eigenvalue weighted by atomic mass is 9.76. The smallest absolute Gasteiger partial charge is 0.491 e. The average molecular weight is 263 g/mol. The Morgan fingerprint density at radius 2 is 2.26 bits per heavy atom. The van der Waals surface area contributed by atoms with Crippen molar-refractivity contribution in [3.05, 3.63) is 23.3 Å². The van der Waals surface area contributed by atoms with Gasteiger partial charge in [0.2, 0.25) is 0 Å². The first-order valence-electron chi connectivity index (χ1n) is 6.62. The summed E-state index contributed by atoms with van der Waals surface area (Å²) in [6.45, 7) is 2.93. The van der Waals surface area contributed by atoms with Crippen LogP contribution in [0.15, 0.2) is 12.1 Å². The largest absolute Gasteiger partial charge is 0.498 e. The predicted molar refractivity (Wildman–Crippen MR) is 71.5 cm³/mol. The van der Waals surface area contributed by atoms with Crippen LogP contribution in [0.25, 0.3) is 0 Å². The summed E-state index contributed by atoms with van der Waals surface area (Å²) in [6.07, 6.45) is 0.234. The third-order valence-electron chi connectivity index (χ3n) is 3.69. The second-order valence-corrected chi connectivity index (χ2v) is 4.99. The molecular weight excluding hydrogens is 245 g/mol. The lowest BCUT2D eigenvalue weighted by molar-refractivity contribution is 0.0726. The highest BCUT2D eigenvalue weighted by molar-refractivity contribution is 6.64. The molecule has 102 valence electrons. The number of hydrogen-bond donors (Lipinski definition) is 2. The molecule has 2 heterocycles. The quantitative estimate of drug-likeness (QED) is 0.744. The van der Waals surface area contributed by atoms with E-state index in [1.807, 2.05) is 19.1 Å². The highest BCUT2D eigenvalue weighted by Crippen LogP contribution is 2.32. The number of rotatable bonds is 3. The second kappa shape index (κ2) is 5.13. The molecule has 0 saturated heterocycles. The molecular formula is C13H18BNO4. The maximum atomic E-state index is 9.06. The monoisotopic (exact) mass is 263 g/mol. The zero-order chi connectivity index (χ0) is 13.4. The Balaban J connectivity index is 2.00. The fourth-order valence-corrected chi connectivity index (χ4v) is 2.70. The molecule has 0 fully saturated rings. The van der Waals surface area contributed by atoms with Gasteiger partial charge in [-0.15, -0.1) is 0 Å². The number of nitrogens with two attached hydrogens (primary N) is 1. The molecule has 5 nitrogen and oxygen atoms in total. The Kier molecular flexibility index (Phi) is 3.49. The van der Waals surface area contributed by atoms with Crippen LogP contribution in [-0.2, 0) is 9.31 Å². The Morgan fingerprint density at radius 3 is 3.00 bits per heavy atom. The molecule has 6 heteroatoms. The van der Waals surface area contributed by atoms with E-state index in [1.165, 1.54) is 0 Å². The maximum absolute atomic E-state index is 9.06. The zero-order valence-electron chi connectivity index (χ0n) is 11.0. The van der Waals surface area contributed by atoms with Gasteiger partial charge in [0.15, 0.2) is 0 Å². The van der Waals surface area contributed by atoms with Crippen LogP contribution in [-0.4, -0.2) is 38.1 Å². The SMILES string of the molecule is Cc1ccc2c3c1OCC(CCO)OB3OC2CN. The van der Waals surface area contributed by atoms with Crippen LogP contribution >= 0.6 is 0 Å². The van der Waals surface area contributed by atoms with Crippen molar-refractivity contribution in [2.24, 2.45) is 5.73 Å². The number of aliphatic hydroxyl groups is 1. The highest BCUT2D eigenvalue weighted by atomic mass is 16.6. The first kappa shape index (κ1) is 12.9. The first-order chi connectivity index (χ1) is 9.24. The molecule has 0 spiro atoms. The van der Waals surface area contributed by atoms with Gasteiger partial charge in [0.1, 0.15) is 12.4 Å². The van der Waals surface area contributed by atoms with Gasteiger partial charge >= 0.3 is 7.12 Å². The minimum absolute atomic E-state index is 0.0727. The lowest BCUT2D eigenvalue weighted by Gasteiger charge is -2.18. The van der Waals surface area contributed by atoms with E-state index < -0.39 is 7.12 Å². The van der Waals surface area contributed by atoms with E-state index in [-0.39, 0.29) is 18.8 Å². The summed E-state index contributed by atoms with van der Waals surface area (Å²) in [5, 5.41) is 9.06. The zero-order valence-corrected chi connectivity index (χ0v) is 11.0. The van der Waals surface area contributed by atoms with Gasteiger partial charge in [0, 0.05) is 18.6 Å². The van der Waals surface area contributed by atoms with Crippen LogP contribution in [0.3, 0.4) is 0 Å². The molecule has 0 bridgehead atoms. The third-order valence-corrected chi connectivity index (χ3v) is 3.69. The van der Waals surface area contributed by atoms with Crippen LogP contribution in [0, 0.1) is 6.92 Å². The molecule has 3 N–H and O–H groups in total. The Labute approximate surface area is 112 Å². The van der Waals surface area contributed by atoms with E-state index in [1.54, 1.807) is 0 Å². The van der Waals surface area contributed by atoms with Crippen molar-refractivity contribution in [3.63, 3.8) is 0 Å². The predicted octanol–water partition coefficient (Wildman–Crippen LogP) is -0.120. The van der Waals surface area contributed by atoms with Crippen molar-refractivity contribution >= 4 is 12.6 Å². The molecule has 0 amide bonds. The van der Waals surface area contributed by atoms with Crippen LogP contribution < -0.4 is 15.9 Å². The Bertz CT molecular complexity index is 482. The summed E-state index contributed by atoms with van der Waals surface area (Å²) < 4.78 is 17.6. The average Bonchev–Trinajstić information content (AvgIpc) is 2.65. The summed E-state index contributed by atoms with van der Waals surface area (Å²) in [7, 11) is -0.433. The number of ether oxygens (including phenoxy) is 1. The van der Waals surface area contributed by atoms with E-state index in [9.17, 15) is 0 Å². The molecule has 2 aliphatic heterocycles. The van der Waals surface area contributed by atoms with Crippen LogP contribution in [0.1, 0.15) is 23.7 Å². The number of aryl methyl sites for hydroxylation is 1. The molecule has 2 atom stereocenters. The molecule has 3 rings (SSSR count). The van der Waals surface area contributed by atoms with Gasteiger partial charge in [-0.3, -0.25) is 0 Å². The standard InChI is InChI=1S/C13H18BNO4/c1-8-2-3-10-11(6-15)19-14-12(10)13(8)17-7-9(18-14)4-5-16/h2-3,9,11,16H,4-7,15H2,1H3. The Morgan fingerprint density at radius 1 is 1.42 bits per heavy atom. The van der Waals surface area contributed by atoms with Crippen molar-refractivity contribution < 1.29 is 19.2 Å². The third kappa shape index (κ3) is 2.14. The van der Waals surface area contributed by atoms with Gasteiger partial charge in [-0.25, -0.2) is 0 Å². The van der Waals surface area contributed by atoms with Gasteiger partial charge in [0.05, 0.1) is 12.2 Å². The van der Waals surface area contributed by atoms with Crippen molar-refractivity contribution in [1.29, 1.82) is 0 Å². The molecule has 19 heavy (non-hydrogen) atoms. The molecule has 0 aromatic heterocycles. The molecule has 0 aliphatic carbocycles. The van der Waals surface area contributed by atoms with E-state index in [2.05, 4.69) is 0 Å². The minimum Gasteiger partial charge on any atom is -0.491 e. The highest BCUT2D eigenvalue weighted by Gasteiger charge is 2.43. The molecule has 1 aromatic carbocycles. The topological polar surface area (TPSA) is 73.9 Å². The fourth-order valence-electron chi connectivity index (χ4n) is 2.70. The van der Waals surface area contributed by atoms with Gasteiger partial charge in [-0.1, -0.05) is 12.1 Å². The summed E-state index contributed by atoms with van der Waals surface area (Å²) in [6, 6.07) is 4.06. The van der Waals surface area contributed by atoms with E-state index >= 15 is 0 Å². The van der Waals surface area contributed by atoms with Crippen LogP contribution in [0.5, 0.6) is 5.75 Å². The van der Waals surface area contributed by atoms with E-state index in [4.69, 9.17) is 24.9 Å². The van der Waals surface area contributed by atoms with E-state index in [0.29, 0.717) is 19.6 Å². The van der Waals surface area contributed by atoms with E-state index in [0.717, 1.165) is 22.3 Å². The summed E-state index contributed by atoms with van der Waals surface area (Å²) >= 11 is 0. The molecule has 1 aromatic rings. The van der Waals surface area contributed by atoms with Crippen molar-refractivity contribution in [2.45, 2.75) is 25.6 Å². The Hall–Kier alpha value is -1.08. The normalized spacial score (nSPS) is 24.9. The van der Waals surface area contributed by atoms with Gasteiger partial charge in [-0.05, 0) is 24.5 Å². The molecule has 2 unspecified atom stereocenters. The molecule has 0 radical (unpaired) electrons. The van der Waals surface area contributed by atoms with Gasteiger partial charge < -0.3 is 24.9 Å². The number of hydrogen-bond acceptors (Lipinski definition) is 5. The van der Waals surface area contributed by atoms with Crippen LogP contribution in [0.4, 0.5) is 0 Å². The molecule has 0 saturated carbocycles. The first-order valence-corrected chi connectivity index (χ1v) is 6.62. The van der Waals surface area contributed by atoms with Crippen molar-refractivity contribution in [1.82, 2.24) is 0 Å². The minimum atomic E-state index is -0.433. The summed E-state index contributed by atoms with van der Waals surface area (Å²) in [4.78, 5) is 0. The van der Waals surface area contributed by atoms with Crippen molar-refractivity contribution in [3.8, 4) is 5.75 Å². The van der Waals surface area contributed by atoms with Crippen LogP contribution in [0.2, 0.25) is 0 Å².